The van der Waals surface area contributed by atoms with Crippen LogP contribution in [0.25, 0.3) is 0 Å². The number of hydrogen-bond donors (Lipinski definition) is 2. The minimum Gasteiger partial charge on any atom is -0.391 e. The number of rotatable bonds is 10. The van der Waals surface area contributed by atoms with Crippen LogP contribution < -0.4 is 10.6 Å². The van der Waals surface area contributed by atoms with Gasteiger partial charge in [0.2, 0.25) is 5.91 Å². The molecule has 1 aliphatic rings. The minimum absolute atomic E-state index is 0.0527. The van der Waals surface area contributed by atoms with Gasteiger partial charge < -0.3 is 20.2 Å². The highest BCUT2D eigenvalue weighted by atomic mass is 19.4. The first-order valence-corrected chi connectivity index (χ1v) is 11.4. The normalized spacial score (nSPS) is 15.1. The second kappa shape index (κ2) is 12.4. The fourth-order valence-electron chi connectivity index (χ4n) is 3.53. The number of halogens is 3. The Morgan fingerprint density at radius 2 is 1.76 bits per heavy atom. The zero-order chi connectivity index (χ0) is 24.4. The van der Waals surface area contributed by atoms with Gasteiger partial charge in [-0.05, 0) is 60.6 Å². The Morgan fingerprint density at radius 1 is 1.09 bits per heavy atom. The summed E-state index contributed by atoms with van der Waals surface area (Å²) in [7, 11) is 0. The smallest absolute Gasteiger partial charge is 0.391 e. The summed E-state index contributed by atoms with van der Waals surface area (Å²) in [5.74, 6) is 0.424. The summed E-state index contributed by atoms with van der Waals surface area (Å²) in [6.07, 6.45) is -1.79. The standard InChI is InChI=1S/C25H30F3N3O3/c1-2-23(31-34-17-19-3-7-21(8-4-19)25(26,27)28)20-5-9-22(10-6-20)29-16-24(32)30-15-18-11-13-33-14-12-18/h3-10,18,29H,2,11-17H2,1H3,(H,30,32)/b31-23+. The van der Waals surface area contributed by atoms with Gasteiger partial charge in [0.15, 0.2) is 0 Å². The van der Waals surface area contributed by atoms with Gasteiger partial charge >= 0.3 is 6.18 Å². The molecule has 1 saturated heterocycles. The molecule has 3 rings (SSSR count). The van der Waals surface area contributed by atoms with Crippen LogP contribution in [0.1, 0.15) is 42.9 Å². The predicted molar refractivity (Wildman–Crippen MR) is 125 cm³/mol. The predicted octanol–water partition coefficient (Wildman–Crippen LogP) is 4.99. The van der Waals surface area contributed by atoms with Gasteiger partial charge in [-0.25, -0.2) is 0 Å². The molecule has 2 aromatic rings. The van der Waals surface area contributed by atoms with Gasteiger partial charge in [-0.1, -0.05) is 36.3 Å². The molecule has 34 heavy (non-hydrogen) atoms. The van der Waals surface area contributed by atoms with Crippen molar-refractivity contribution in [2.45, 2.75) is 39.0 Å². The number of anilines is 1. The summed E-state index contributed by atoms with van der Waals surface area (Å²) in [5.41, 5.74) is 2.30. The van der Waals surface area contributed by atoms with E-state index in [0.29, 0.717) is 30.2 Å². The SMILES string of the molecule is CC/C(=N\OCc1ccc(C(F)(F)F)cc1)c1ccc(NCC(=O)NCC2CCOCC2)cc1. The number of oxime groups is 1. The number of benzene rings is 2. The van der Waals surface area contributed by atoms with Gasteiger partial charge in [0.25, 0.3) is 0 Å². The molecule has 0 aliphatic carbocycles. The Bertz CT molecular complexity index is 939. The lowest BCUT2D eigenvalue weighted by atomic mass is 10.0. The number of alkyl halides is 3. The molecule has 0 atom stereocenters. The van der Waals surface area contributed by atoms with E-state index in [1.165, 1.54) is 12.1 Å². The Hall–Kier alpha value is -3.07. The van der Waals surface area contributed by atoms with Crippen LogP contribution in [0, 0.1) is 5.92 Å². The van der Waals surface area contributed by atoms with Crippen LogP contribution in [0.5, 0.6) is 0 Å². The average Bonchev–Trinajstić information content (AvgIpc) is 2.85. The van der Waals surface area contributed by atoms with E-state index in [1.807, 2.05) is 31.2 Å². The van der Waals surface area contributed by atoms with Crippen LogP contribution in [0.15, 0.2) is 53.7 Å². The van der Waals surface area contributed by atoms with Crippen molar-refractivity contribution in [2.24, 2.45) is 11.1 Å². The Morgan fingerprint density at radius 3 is 2.38 bits per heavy atom. The van der Waals surface area contributed by atoms with E-state index in [9.17, 15) is 18.0 Å². The van der Waals surface area contributed by atoms with E-state index < -0.39 is 11.7 Å². The Balaban J connectivity index is 1.45. The maximum Gasteiger partial charge on any atom is 0.416 e. The van der Waals surface area contributed by atoms with Crippen LogP contribution in [0.4, 0.5) is 18.9 Å². The molecule has 0 bridgehead atoms. The molecule has 0 unspecified atom stereocenters. The molecule has 0 radical (unpaired) electrons. The maximum absolute atomic E-state index is 12.7. The number of carbonyl (C=O) groups is 1. The summed E-state index contributed by atoms with van der Waals surface area (Å²) in [6.45, 7) is 4.39. The summed E-state index contributed by atoms with van der Waals surface area (Å²) >= 11 is 0. The van der Waals surface area contributed by atoms with E-state index in [-0.39, 0.29) is 19.1 Å². The van der Waals surface area contributed by atoms with Crippen LogP contribution in [-0.4, -0.2) is 37.9 Å². The molecule has 184 valence electrons. The van der Waals surface area contributed by atoms with E-state index >= 15 is 0 Å². The van der Waals surface area contributed by atoms with E-state index in [1.54, 1.807) is 0 Å². The van der Waals surface area contributed by atoms with Gasteiger partial charge in [-0.2, -0.15) is 13.2 Å². The summed E-state index contributed by atoms with van der Waals surface area (Å²) < 4.78 is 43.3. The highest BCUT2D eigenvalue weighted by molar-refractivity contribution is 6.00. The third-order valence-electron chi connectivity index (χ3n) is 5.62. The third-order valence-corrected chi connectivity index (χ3v) is 5.62. The van der Waals surface area contributed by atoms with Gasteiger partial charge in [0.05, 0.1) is 17.8 Å². The number of carbonyl (C=O) groups excluding carboxylic acids is 1. The minimum atomic E-state index is -4.36. The molecular weight excluding hydrogens is 447 g/mol. The fraction of sp³-hybridized carbons (Fsp3) is 0.440. The molecule has 0 spiro atoms. The summed E-state index contributed by atoms with van der Waals surface area (Å²) in [5, 5.41) is 10.2. The Labute approximate surface area is 197 Å². The van der Waals surface area contributed by atoms with E-state index in [0.717, 1.165) is 49.4 Å². The maximum atomic E-state index is 12.7. The number of amides is 1. The van der Waals surface area contributed by atoms with Crippen LogP contribution >= 0.6 is 0 Å². The molecule has 1 fully saturated rings. The molecule has 1 amide bonds. The number of nitrogens with zero attached hydrogens (tertiary/aromatic N) is 1. The molecule has 2 aromatic carbocycles. The average molecular weight is 478 g/mol. The molecule has 1 aliphatic heterocycles. The van der Waals surface area contributed by atoms with E-state index in [2.05, 4.69) is 15.8 Å². The molecule has 6 nitrogen and oxygen atoms in total. The van der Waals surface area contributed by atoms with Gasteiger partial charge in [0.1, 0.15) is 6.61 Å². The highest BCUT2D eigenvalue weighted by Crippen LogP contribution is 2.29. The third kappa shape index (κ3) is 8.06. The zero-order valence-corrected chi connectivity index (χ0v) is 19.2. The Kier molecular flexibility index (Phi) is 9.33. The highest BCUT2D eigenvalue weighted by Gasteiger charge is 2.29. The van der Waals surface area contributed by atoms with Crippen molar-refractivity contribution in [2.75, 3.05) is 31.6 Å². The largest absolute Gasteiger partial charge is 0.416 e. The molecule has 1 heterocycles. The molecule has 0 aromatic heterocycles. The lowest BCUT2D eigenvalue weighted by Crippen LogP contribution is -2.35. The van der Waals surface area contributed by atoms with Crippen molar-refractivity contribution < 1.29 is 27.5 Å². The number of hydrogen-bond acceptors (Lipinski definition) is 5. The van der Waals surface area contributed by atoms with Crippen molar-refractivity contribution in [1.29, 1.82) is 0 Å². The zero-order valence-electron chi connectivity index (χ0n) is 19.2. The lowest BCUT2D eigenvalue weighted by molar-refractivity contribution is -0.137. The second-order valence-electron chi connectivity index (χ2n) is 8.15. The van der Waals surface area contributed by atoms with Crippen molar-refractivity contribution in [3.63, 3.8) is 0 Å². The molecular formula is C25H30F3N3O3. The van der Waals surface area contributed by atoms with Crippen molar-refractivity contribution in [3.05, 3.63) is 65.2 Å². The first-order chi connectivity index (χ1) is 16.3. The van der Waals surface area contributed by atoms with Crippen molar-refractivity contribution in [1.82, 2.24) is 5.32 Å². The monoisotopic (exact) mass is 477 g/mol. The molecule has 2 N–H and O–H groups in total. The van der Waals surface area contributed by atoms with Gasteiger partial charge in [0, 0.05) is 25.4 Å². The van der Waals surface area contributed by atoms with Crippen LogP contribution in [-0.2, 0) is 27.2 Å². The van der Waals surface area contributed by atoms with E-state index in [4.69, 9.17) is 9.57 Å². The quantitative estimate of drug-likeness (QED) is 0.374. The topological polar surface area (TPSA) is 72.0 Å². The number of ether oxygens (including phenoxy) is 1. The lowest BCUT2D eigenvalue weighted by Gasteiger charge is -2.22. The summed E-state index contributed by atoms with van der Waals surface area (Å²) in [4.78, 5) is 17.5. The van der Waals surface area contributed by atoms with Gasteiger partial charge in [-0.3, -0.25) is 4.79 Å². The fourth-order valence-corrected chi connectivity index (χ4v) is 3.53. The van der Waals surface area contributed by atoms with Crippen molar-refractivity contribution >= 4 is 17.3 Å². The first-order valence-electron chi connectivity index (χ1n) is 11.4. The number of nitrogens with one attached hydrogen (secondary N) is 2. The van der Waals surface area contributed by atoms with Crippen LogP contribution in [0.3, 0.4) is 0 Å². The molecule has 0 saturated carbocycles. The van der Waals surface area contributed by atoms with Crippen molar-refractivity contribution in [3.8, 4) is 0 Å². The van der Waals surface area contributed by atoms with Crippen LogP contribution in [0.2, 0.25) is 0 Å². The summed E-state index contributed by atoms with van der Waals surface area (Å²) in [6, 6.07) is 12.3. The first kappa shape index (κ1) is 25.6. The second-order valence-corrected chi connectivity index (χ2v) is 8.15. The molecule has 9 heteroatoms. The van der Waals surface area contributed by atoms with Gasteiger partial charge in [-0.15, -0.1) is 0 Å².